The number of benzene rings is 1. The summed E-state index contributed by atoms with van der Waals surface area (Å²) >= 11 is 0. The fourth-order valence-electron chi connectivity index (χ4n) is 2.48. The van der Waals surface area contributed by atoms with Crippen LogP contribution in [0.2, 0.25) is 0 Å². The van der Waals surface area contributed by atoms with Gasteiger partial charge in [-0.15, -0.1) is 0 Å². The number of rotatable bonds is 3. The van der Waals surface area contributed by atoms with Crippen LogP contribution in [0.25, 0.3) is 0 Å². The second kappa shape index (κ2) is 6.40. The van der Waals surface area contributed by atoms with Crippen LogP contribution < -0.4 is 10.5 Å². The Balaban J connectivity index is 2.20. The maximum absolute atomic E-state index is 12.4. The summed E-state index contributed by atoms with van der Waals surface area (Å²) in [5.41, 5.74) is 5.98. The molecule has 0 radical (unpaired) electrons. The van der Waals surface area contributed by atoms with Crippen molar-refractivity contribution in [2.75, 3.05) is 6.54 Å². The van der Waals surface area contributed by atoms with Crippen LogP contribution in [0, 0.1) is 17.8 Å². The summed E-state index contributed by atoms with van der Waals surface area (Å²) in [4.78, 5) is 0.264. The summed E-state index contributed by atoms with van der Waals surface area (Å²) in [6, 6.07) is 6.70. The number of nitrogens with two attached hydrogens (primary N) is 1. The topological polar surface area (TPSA) is 72.2 Å². The first-order valence-corrected chi connectivity index (χ1v) is 8.32. The number of nitrogens with one attached hydrogen (secondary N) is 1. The van der Waals surface area contributed by atoms with Crippen molar-refractivity contribution in [3.05, 3.63) is 29.8 Å². The van der Waals surface area contributed by atoms with Crippen LogP contribution in [-0.4, -0.2) is 21.0 Å². The van der Waals surface area contributed by atoms with Gasteiger partial charge in [0.05, 0.1) is 11.4 Å². The molecule has 2 unspecified atom stereocenters. The minimum absolute atomic E-state index is 0.0405. The van der Waals surface area contributed by atoms with Crippen molar-refractivity contribution in [3.63, 3.8) is 0 Å². The Bertz CT molecular complexity index is 629. The van der Waals surface area contributed by atoms with Crippen molar-refractivity contribution in [1.29, 1.82) is 0 Å². The normalized spacial score (nSPS) is 22.3. The summed E-state index contributed by atoms with van der Waals surface area (Å²) in [7, 11) is -3.47. The summed E-state index contributed by atoms with van der Waals surface area (Å²) in [6.45, 7) is 2.35. The molecule has 4 nitrogen and oxygen atoms in total. The number of hydrogen-bond donors (Lipinski definition) is 2. The molecule has 2 rings (SSSR count). The fraction of sp³-hybridized carbons (Fsp3) is 0.467. The summed E-state index contributed by atoms with van der Waals surface area (Å²) in [6.07, 6.45) is 3.07. The molecule has 2 atom stereocenters. The van der Waals surface area contributed by atoms with Gasteiger partial charge in [-0.3, -0.25) is 0 Å². The van der Waals surface area contributed by atoms with Gasteiger partial charge in [0.1, 0.15) is 0 Å². The van der Waals surface area contributed by atoms with Crippen molar-refractivity contribution in [2.45, 2.75) is 37.1 Å². The van der Waals surface area contributed by atoms with Gasteiger partial charge in [0.15, 0.2) is 0 Å². The van der Waals surface area contributed by atoms with Gasteiger partial charge in [-0.2, -0.15) is 0 Å². The van der Waals surface area contributed by atoms with E-state index in [0.29, 0.717) is 11.5 Å². The lowest BCUT2D eigenvalue weighted by molar-refractivity contribution is 0.476. The number of hydrogen-bond acceptors (Lipinski definition) is 3. The molecule has 1 fully saturated rings. The molecule has 0 aromatic heterocycles. The highest BCUT2D eigenvalue weighted by Gasteiger charge is 2.28. The molecule has 5 heteroatoms. The molecule has 1 saturated carbocycles. The summed E-state index contributed by atoms with van der Waals surface area (Å²) < 4.78 is 27.6. The van der Waals surface area contributed by atoms with E-state index in [9.17, 15) is 8.42 Å². The predicted octanol–water partition coefficient (Wildman–Crippen LogP) is 1.46. The molecule has 0 amide bonds. The largest absolute Gasteiger partial charge is 0.320 e. The van der Waals surface area contributed by atoms with Crippen molar-refractivity contribution in [3.8, 4) is 11.8 Å². The average Bonchev–Trinajstić information content (AvgIpc) is 2.82. The second-order valence-corrected chi connectivity index (χ2v) is 6.88. The SMILES string of the molecule is CC1CCCC1NS(=O)(=O)c1cccc(C#CCN)c1. The third-order valence-corrected chi connectivity index (χ3v) is 5.13. The van der Waals surface area contributed by atoms with E-state index in [1.54, 1.807) is 24.3 Å². The van der Waals surface area contributed by atoms with Crippen LogP contribution in [0.5, 0.6) is 0 Å². The molecule has 3 N–H and O–H groups in total. The molecule has 1 aliphatic rings. The zero-order valence-electron chi connectivity index (χ0n) is 11.6. The number of sulfonamides is 1. The van der Waals surface area contributed by atoms with Crippen molar-refractivity contribution in [2.24, 2.45) is 11.7 Å². The minimum Gasteiger partial charge on any atom is -0.320 e. The highest BCUT2D eigenvalue weighted by atomic mass is 32.2. The third-order valence-electron chi connectivity index (χ3n) is 3.65. The van der Waals surface area contributed by atoms with E-state index >= 15 is 0 Å². The quantitative estimate of drug-likeness (QED) is 0.829. The Morgan fingerprint density at radius 3 is 2.85 bits per heavy atom. The lowest BCUT2D eigenvalue weighted by Crippen LogP contribution is -2.36. The van der Waals surface area contributed by atoms with E-state index < -0.39 is 10.0 Å². The van der Waals surface area contributed by atoms with Gasteiger partial charge in [-0.25, -0.2) is 13.1 Å². The van der Waals surface area contributed by atoms with Crippen LogP contribution in [0.15, 0.2) is 29.2 Å². The third kappa shape index (κ3) is 3.60. The molecule has 0 spiro atoms. The Kier molecular flexibility index (Phi) is 4.81. The van der Waals surface area contributed by atoms with Crippen LogP contribution in [0.1, 0.15) is 31.7 Å². The summed E-state index contributed by atoms with van der Waals surface area (Å²) in [5.74, 6) is 5.97. The highest BCUT2D eigenvalue weighted by molar-refractivity contribution is 7.89. The van der Waals surface area contributed by atoms with Crippen LogP contribution in [0.4, 0.5) is 0 Å². The molecule has 1 aliphatic carbocycles. The van der Waals surface area contributed by atoms with Crippen molar-refractivity contribution in [1.82, 2.24) is 4.72 Å². The minimum atomic E-state index is -3.47. The Morgan fingerprint density at radius 2 is 2.20 bits per heavy atom. The second-order valence-electron chi connectivity index (χ2n) is 5.17. The zero-order valence-corrected chi connectivity index (χ0v) is 12.4. The first-order valence-electron chi connectivity index (χ1n) is 6.84. The van der Waals surface area contributed by atoms with Gasteiger partial charge < -0.3 is 5.73 Å². The van der Waals surface area contributed by atoms with Gasteiger partial charge in [-0.05, 0) is 37.0 Å². The van der Waals surface area contributed by atoms with Gasteiger partial charge in [0.2, 0.25) is 10.0 Å². The van der Waals surface area contributed by atoms with Gasteiger partial charge in [-0.1, -0.05) is 31.3 Å². The Labute approximate surface area is 120 Å². The summed E-state index contributed by atoms with van der Waals surface area (Å²) in [5, 5.41) is 0. The van der Waals surface area contributed by atoms with E-state index in [0.717, 1.165) is 19.3 Å². The van der Waals surface area contributed by atoms with E-state index in [1.807, 2.05) is 0 Å². The maximum Gasteiger partial charge on any atom is 0.240 e. The van der Waals surface area contributed by atoms with Crippen molar-refractivity contribution < 1.29 is 8.42 Å². The Hall–Kier alpha value is -1.35. The molecule has 0 heterocycles. The standard InChI is InChI=1S/C15H20N2O2S/c1-12-5-2-9-15(12)17-20(18,19)14-8-3-6-13(11-14)7-4-10-16/h3,6,8,11-12,15,17H,2,5,9-10,16H2,1H3. The maximum atomic E-state index is 12.4. The van der Waals surface area contributed by atoms with Gasteiger partial charge in [0, 0.05) is 11.6 Å². The lowest BCUT2D eigenvalue weighted by Gasteiger charge is -2.17. The molecule has 0 bridgehead atoms. The predicted molar refractivity (Wildman–Crippen MR) is 79.5 cm³/mol. The van der Waals surface area contributed by atoms with Crippen LogP contribution >= 0.6 is 0 Å². The lowest BCUT2D eigenvalue weighted by atomic mass is 10.1. The van der Waals surface area contributed by atoms with E-state index in [-0.39, 0.29) is 17.5 Å². The first kappa shape index (κ1) is 15.0. The zero-order chi connectivity index (χ0) is 14.6. The smallest absolute Gasteiger partial charge is 0.240 e. The van der Waals surface area contributed by atoms with Gasteiger partial charge in [0.25, 0.3) is 0 Å². The molecular formula is C15H20N2O2S. The van der Waals surface area contributed by atoms with E-state index in [1.165, 1.54) is 0 Å². The molecule has 1 aromatic carbocycles. The Morgan fingerprint density at radius 1 is 1.40 bits per heavy atom. The molecule has 0 aliphatic heterocycles. The first-order chi connectivity index (χ1) is 9.53. The van der Waals surface area contributed by atoms with Crippen molar-refractivity contribution >= 4 is 10.0 Å². The molecule has 0 saturated heterocycles. The fourth-order valence-corrected chi connectivity index (χ4v) is 3.91. The highest BCUT2D eigenvalue weighted by Crippen LogP contribution is 2.26. The monoisotopic (exact) mass is 292 g/mol. The molecule has 20 heavy (non-hydrogen) atoms. The molecule has 1 aromatic rings. The average molecular weight is 292 g/mol. The van der Waals surface area contributed by atoms with E-state index in [2.05, 4.69) is 23.5 Å². The van der Waals surface area contributed by atoms with Crippen LogP contribution in [-0.2, 0) is 10.0 Å². The van der Waals surface area contributed by atoms with Crippen LogP contribution in [0.3, 0.4) is 0 Å². The molecular weight excluding hydrogens is 272 g/mol. The van der Waals surface area contributed by atoms with Gasteiger partial charge >= 0.3 is 0 Å². The molecule has 108 valence electrons. The van der Waals surface area contributed by atoms with E-state index in [4.69, 9.17) is 5.73 Å².